The van der Waals surface area contributed by atoms with Crippen LogP contribution >= 0.6 is 0 Å². The molecule has 0 aliphatic carbocycles. The molecule has 0 unspecified atom stereocenters. The zero-order chi connectivity index (χ0) is 25.0. The molecule has 4 N–H and O–H groups in total. The highest BCUT2D eigenvalue weighted by Crippen LogP contribution is 2.25. The molecule has 3 rings (SSSR count). The lowest BCUT2D eigenvalue weighted by molar-refractivity contribution is -0.137. The second-order valence-electron chi connectivity index (χ2n) is 7.83. The SMILES string of the molecule is Cc1ccc([C@H](CC(=O)O)NC(=O)Nc2c(O)c(C)cn(Cc3c(F)cccc3F)c2=O)cc1. The first kappa shape index (κ1) is 24.4. The normalized spacial score (nSPS) is 11.6. The molecule has 1 aromatic heterocycles. The number of carbonyl (C=O) groups is 2. The number of hydrogen-bond donors (Lipinski definition) is 4. The minimum Gasteiger partial charge on any atom is -0.505 e. The van der Waals surface area contributed by atoms with E-state index in [0.29, 0.717) is 5.56 Å². The van der Waals surface area contributed by atoms with Gasteiger partial charge in [-0.25, -0.2) is 13.6 Å². The third-order valence-corrected chi connectivity index (χ3v) is 5.23. The van der Waals surface area contributed by atoms with Gasteiger partial charge in [0.2, 0.25) is 0 Å². The van der Waals surface area contributed by atoms with Crippen LogP contribution in [0.5, 0.6) is 5.75 Å². The van der Waals surface area contributed by atoms with Crippen LogP contribution in [-0.4, -0.2) is 26.8 Å². The summed E-state index contributed by atoms with van der Waals surface area (Å²) in [5.41, 5.74) is -0.112. The summed E-state index contributed by atoms with van der Waals surface area (Å²) in [6.07, 6.45) is 0.791. The molecule has 0 bridgehead atoms. The highest BCUT2D eigenvalue weighted by Gasteiger charge is 2.21. The Kier molecular flexibility index (Phi) is 7.30. The molecule has 0 saturated carbocycles. The number of anilines is 1. The first-order chi connectivity index (χ1) is 16.1. The molecule has 1 heterocycles. The summed E-state index contributed by atoms with van der Waals surface area (Å²) in [7, 11) is 0. The fourth-order valence-corrected chi connectivity index (χ4v) is 3.41. The van der Waals surface area contributed by atoms with Crippen LogP contribution < -0.4 is 16.2 Å². The maximum Gasteiger partial charge on any atom is 0.319 e. The van der Waals surface area contributed by atoms with Crippen LogP contribution in [0.1, 0.15) is 34.7 Å². The molecule has 0 radical (unpaired) electrons. The Hall–Kier alpha value is -4.21. The van der Waals surface area contributed by atoms with Gasteiger partial charge in [0.25, 0.3) is 5.56 Å². The number of rotatable bonds is 7. The Balaban J connectivity index is 1.89. The molecule has 1 atom stereocenters. The molecule has 34 heavy (non-hydrogen) atoms. The number of aryl methyl sites for hydroxylation is 2. The molecule has 2 amide bonds. The van der Waals surface area contributed by atoms with Gasteiger partial charge in [-0.05, 0) is 31.5 Å². The van der Waals surface area contributed by atoms with Crippen LogP contribution in [0.25, 0.3) is 0 Å². The first-order valence-corrected chi connectivity index (χ1v) is 10.3. The molecular weight excluding hydrogens is 448 g/mol. The van der Waals surface area contributed by atoms with E-state index >= 15 is 0 Å². The number of nitrogens with zero attached hydrogens (tertiary/aromatic N) is 1. The topological polar surface area (TPSA) is 121 Å². The number of pyridine rings is 1. The predicted octanol–water partition coefficient (Wildman–Crippen LogP) is 3.83. The van der Waals surface area contributed by atoms with Crippen LogP contribution in [-0.2, 0) is 11.3 Å². The maximum atomic E-state index is 14.1. The van der Waals surface area contributed by atoms with Crippen LogP contribution in [0.2, 0.25) is 0 Å². The standard InChI is InChI=1S/C24H23F2N3O5/c1-13-6-8-15(9-7-13)19(10-20(30)31)27-24(34)28-21-22(32)14(2)11-29(23(21)33)12-16-17(25)4-3-5-18(16)26/h3-9,11,19,32H,10,12H2,1-2H3,(H,30,31)(H2,27,28,34)/t19-/m0/s1. The smallest absolute Gasteiger partial charge is 0.319 e. The third-order valence-electron chi connectivity index (χ3n) is 5.23. The molecule has 3 aromatic rings. The van der Waals surface area contributed by atoms with Gasteiger partial charge in [-0.3, -0.25) is 9.59 Å². The number of urea groups is 1. The summed E-state index contributed by atoms with van der Waals surface area (Å²) >= 11 is 0. The number of nitrogens with one attached hydrogen (secondary N) is 2. The van der Waals surface area contributed by atoms with E-state index in [1.165, 1.54) is 19.2 Å². The first-order valence-electron chi connectivity index (χ1n) is 10.3. The zero-order valence-electron chi connectivity index (χ0n) is 18.4. The van der Waals surface area contributed by atoms with E-state index in [1.54, 1.807) is 24.3 Å². The number of aliphatic carboxylic acids is 1. The van der Waals surface area contributed by atoms with Gasteiger partial charge in [-0.2, -0.15) is 0 Å². The Morgan fingerprint density at radius 2 is 1.68 bits per heavy atom. The van der Waals surface area contributed by atoms with E-state index in [-0.39, 0.29) is 11.1 Å². The fourth-order valence-electron chi connectivity index (χ4n) is 3.41. The summed E-state index contributed by atoms with van der Waals surface area (Å²) in [5.74, 6) is -3.37. The summed E-state index contributed by atoms with van der Waals surface area (Å²) < 4.78 is 29.1. The van der Waals surface area contributed by atoms with Gasteiger partial charge < -0.3 is 25.4 Å². The summed E-state index contributed by atoms with van der Waals surface area (Å²) in [5, 5.41) is 24.3. The van der Waals surface area contributed by atoms with Gasteiger partial charge >= 0.3 is 12.0 Å². The van der Waals surface area contributed by atoms with Crippen LogP contribution in [0.15, 0.2) is 53.5 Å². The molecule has 0 saturated heterocycles. The number of benzene rings is 2. The van der Waals surface area contributed by atoms with Gasteiger partial charge in [0.1, 0.15) is 17.4 Å². The molecule has 0 fully saturated rings. The number of carbonyl (C=O) groups excluding carboxylic acids is 1. The van der Waals surface area contributed by atoms with E-state index < -0.39 is 59.6 Å². The maximum absolute atomic E-state index is 14.1. The van der Waals surface area contributed by atoms with Crippen LogP contribution in [0, 0.1) is 25.5 Å². The Bertz CT molecular complexity index is 1270. The summed E-state index contributed by atoms with van der Waals surface area (Å²) in [6.45, 7) is 2.83. The van der Waals surface area contributed by atoms with E-state index in [4.69, 9.17) is 0 Å². The number of aromatic nitrogens is 1. The fraction of sp³-hybridized carbons (Fsp3) is 0.208. The van der Waals surface area contributed by atoms with E-state index in [1.807, 2.05) is 6.92 Å². The van der Waals surface area contributed by atoms with Crippen molar-refractivity contribution in [1.29, 1.82) is 0 Å². The highest BCUT2D eigenvalue weighted by atomic mass is 19.1. The lowest BCUT2D eigenvalue weighted by atomic mass is 10.0. The molecule has 0 aliphatic heterocycles. The molecule has 8 nitrogen and oxygen atoms in total. The number of aromatic hydroxyl groups is 1. The van der Waals surface area contributed by atoms with Gasteiger partial charge in [-0.1, -0.05) is 35.9 Å². The minimum absolute atomic E-state index is 0.173. The van der Waals surface area contributed by atoms with Gasteiger partial charge in [-0.15, -0.1) is 0 Å². The lowest BCUT2D eigenvalue weighted by Gasteiger charge is -2.19. The van der Waals surface area contributed by atoms with Gasteiger partial charge in [0.15, 0.2) is 5.69 Å². The Morgan fingerprint density at radius 1 is 1.06 bits per heavy atom. The monoisotopic (exact) mass is 471 g/mol. The number of halogens is 2. The average Bonchev–Trinajstić information content (AvgIpc) is 2.77. The quantitative estimate of drug-likeness (QED) is 0.417. The van der Waals surface area contributed by atoms with Crippen molar-refractivity contribution < 1.29 is 28.6 Å². The number of hydrogen-bond acceptors (Lipinski definition) is 4. The van der Waals surface area contributed by atoms with E-state index in [9.17, 15) is 33.4 Å². The predicted molar refractivity (Wildman–Crippen MR) is 121 cm³/mol. The van der Waals surface area contributed by atoms with E-state index in [0.717, 1.165) is 22.3 Å². The lowest BCUT2D eigenvalue weighted by Crippen LogP contribution is -2.36. The zero-order valence-corrected chi connectivity index (χ0v) is 18.4. The largest absolute Gasteiger partial charge is 0.505 e. The van der Waals surface area contributed by atoms with E-state index in [2.05, 4.69) is 10.6 Å². The number of carboxylic acid groups (broad SMARTS) is 1. The van der Waals surface area contributed by atoms with Gasteiger partial charge in [0, 0.05) is 17.3 Å². The van der Waals surface area contributed by atoms with Crippen molar-refractivity contribution >= 4 is 17.7 Å². The van der Waals surface area contributed by atoms with Crippen molar-refractivity contribution in [3.63, 3.8) is 0 Å². The molecule has 10 heteroatoms. The van der Waals surface area contributed by atoms with Crippen molar-refractivity contribution in [3.05, 3.63) is 92.9 Å². The Morgan fingerprint density at radius 3 is 2.26 bits per heavy atom. The molecular formula is C24H23F2N3O5. The summed E-state index contributed by atoms with van der Waals surface area (Å²) in [4.78, 5) is 36.8. The number of amides is 2. The van der Waals surface area contributed by atoms with Crippen LogP contribution in [0.3, 0.4) is 0 Å². The Labute approximate surface area is 193 Å². The van der Waals surface area contributed by atoms with Crippen molar-refractivity contribution in [2.45, 2.75) is 32.9 Å². The second-order valence-corrected chi connectivity index (χ2v) is 7.83. The van der Waals surface area contributed by atoms with Crippen LogP contribution in [0.4, 0.5) is 19.3 Å². The highest BCUT2D eigenvalue weighted by molar-refractivity contribution is 5.91. The van der Waals surface area contributed by atoms with Crippen molar-refractivity contribution in [3.8, 4) is 5.75 Å². The minimum atomic E-state index is -1.15. The third kappa shape index (κ3) is 5.58. The van der Waals surface area contributed by atoms with Crippen molar-refractivity contribution in [1.82, 2.24) is 9.88 Å². The van der Waals surface area contributed by atoms with Gasteiger partial charge in [0.05, 0.1) is 19.0 Å². The molecule has 178 valence electrons. The molecule has 2 aromatic carbocycles. The summed E-state index contributed by atoms with van der Waals surface area (Å²) in [6, 6.07) is 8.31. The number of carboxylic acids is 1. The molecule has 0 aliphatic rings. The average molecular weight is 471 g/mol. The van der Waals surface area contributed by atoms with Crippen molar-refractivity contribution in [2.24, 2.45) is 0 Å². The second kappa shape index (κ2) is 10.2. The van der Waals surface area contributed by atoms with Crippen molar-refractivity contribution in [2.75, 3.05) is 5.32 Å². The molecule has 0 spiro atoms.